The molecule has 0 saturated carbocycles. The van der Waals surface area contributed by atoms with Gasteiger partial charge < -0.3 is 14.6 Å². The summed E-state index contributed by atoms with van der Waals surface area (Å²) in [6.07, 6.45) is 9.73. The molecule has 6 nitrogen and oxygen atoms in total. The van der Waals surface area contributed by atoms with Gasteiger partial charge in [-0.3, -0.25) is 4.79 Å². The summed E-state index contributed by atoms with van der Waals surface area (Å²) < 4.78 is 5.17. The predicted octanol–water partition coefficient (Wildman–Crippen LogP) is 2.38. The quantitative estimate of drug-likeness (QED) is 0.938. The lowest BCUT2D eigenvalue weighted by Crippen LogP contribution is -2.27. The van der Waals surface area contributed by atoms with E-state index in [9.17, 15) is 4.79 Å². The predicted molar refractivity (Wildman–Crippen MR) is 82.6 cm³/mol. The van der Waals surface area contributed by atoms with Crippen molar-refractivity contribution in [2.75, 3.05) is 18.0 Å². The van der Waals surface area contributed by atoms with Crippen molar-refractivity contribution < 1.29 is 9.21 Å². The molecule has 6 heteroatoms. The summed E-state index contributed by atoms with van der Waals surface area (Å²) in [4.78, 5) is 22.9. The van der Waals surface area contributed by atoms with Crippen molar-refractivity contribution in [3.05, 3.63) is 42.2 Å². The monoisotopic (exact) mass is 300 g/mol. The van der Waals surface area contributed by atoms with Gasteiger partial charge in [-0.1, -0.05) is 12.8 Å². The van der Waals surface area contributed by atoms with Crippen LogP contribution in [0.4, 0.5) is 5.82 Å². The lowest BCUT2D eigenvalue weighted by molar-refractivity contribution is 0.0942. The van der Waals surface area contributed by atoms with Crippen molar-refractivity contribution in [3.63, 3.8) is 0 Å². The van der Waals surface area contributed by atoms with Crippen LogP contribution in [0.1, 0.15) is 41.9 Å². The normalized spacial score (nSPS) is 15.4. The van der Waals surface area contributed by atoms with Gasteiger partial charge in [0.15, 0.2) is 0 Å². The van der Waals surface area contributed by atoms with E-state index in [0.717, 1.165) is 18.9 Å². The Kier molecular flexibility index (Phi) is 4.68. The fraction of sp³-hybridized carbons (Fsp3) is 0.438. The van der Waals surface area contributed by atoms with Gasteiger partial charge >= 0.3 is 0 Å². The van der Waals surface area contributed by atoms with Gasteiger partial charge in [-0.15, -0.1) is 0 Å². The highest BCUT2D eigenvalue weighted by Gasteiger charge is 2.13. The molecule has 0 radical (unpaired) electrons. The molecule has 3 heterocycles. The van der Waals surface area contributed by atoms with Crippen LogP contribution in [0.25, 0.3) is 0 Å². The first-order valence-electron chi connectivity index (χ1n) is 7.70. The minimum Gasteiger partial charge on any atom is -0.467 e. The van der Waals surface area contributed by atoms with Crippen LogP contribution >= 0.6 is 0 Å². The van der Waals surface area contributed by atoms with Gasteiger partial charge in [0.1, 0.15) is 17.3 Å². The van der Waals surface area contributed by atoms with Crippen molar-refractivity contribution in [1.82, 2.24) is 15.3 Å². The van der Waals surface area contributed by atoms with Crippen LogP contribution < -0.4 is 10.2 Å². The average molecular weight is 300 g/mol. The fourth-order valence-electron chi connectivity index (χ4n) is 2.57. The van der Waals surface area contributed by atoms with Gasteiger partial charge in [-0.2, -0.15) is 0 Å². The van der Waals surface area contributed by atoms with E-state index in [1.54, 1.807) is 18.5 Å². The Hall–Kier alpha value is -2.37. The highest BCUT2D eigenvalue weighted by Crippen LogP contribution is 2.16. The highest BCUT2D eigenvalue weighted by atomic mass is 16.3. The van der Waals surface area contributed by atoms with Gasteiger partial charge in [-0.05, 0) is 25.0 Å². The van der Waals surface area contributed by atoms with Crippen molar-refractivity contribution in [2.24, 2.45) is 0 Å². The van der Waals surface area contributed by atoms with Crippen LogP contribution in [-0.2, 0) is 6.54 Å². The van der Waals surface area contributed by atoms with Crippen LogP contribution in [0.3, 0.4) is 0 Å². The molecular weight excluding hydrogens is 280 g/mol. The number of amides is 1. The van der Waals surface area contributed by atoms with E-state index >= 15 is 0 Å². The van der Waals surface area contributed by atoms with Crippen molar-refractivity contribution in [2.45, 2.75) is 32.2 Å². The molecule has 3 rings (SSSR count). The van der Waals surface area contributed by atoms with Crippen LogP contribution in [0.2, 0.25) is 0 Å². The molecule has 1 amide bonds. The molecule has 0 aliphatic carbocycles. The molecule has 2 aromatic heterocycles. The van der Waals surface area contributed by atoms with E-state index in [0.29, 0.717) is 18.0 Å². The van der Waals surface area contributed by atoms with E-state index in [2.05, 4.69) is 20.2 Å². The summed E-state index contributed by atoms with van der Waals surface area (Å²) in [5.41, 5.74) is 0.324. The molecule has 116 valence electrons. The molecule has 0 aromatic carbocycles. The molecule has 1 fully saturated rings. The number of anilines is 1. The van der Waals surface area contributed by atoms with Crippen molar-refractivity contribution in [3.8, 4) is 0 Å². The second-order valence-corrected chi connectivity index (χ2v) is 5.42. The molecule has 1 saturated heterocycles. The SMILES string of the molecule is O=C(NCc1ccco1)c1cnc(N2CCCCCC2)cn1. The van der Waals surface area contributed by atoms with E-state index < -0.39 is 0 Å². The van der Waals surface area contributed by atoms with Crippen LogP contribution in [-0.4, -0.2) is 29.0 Å². The fourth-order valence-corrected chi connectivity index (χ4v) is 2.57. The lowest BCUT2D eigenvalue weighted by atomic mass is 10.2. The Morgan fingerprint density at radius 3 is 2.64 bits per heavy atom. The van der Waals surface area contributed by atoms with Gasteiger partial charge in [0, 0.05) is 13.1 Å². The molecule has 1 N–H and O–H groups in total. The number of nitrogens with one attached hydrogen (secondary N) is 1. The number of carbonyl (C=O) groups is 1. The van der Waals surface area contributed by atoms with E-state index in [-0.39, 0.29) is 5.91 Å². The van der Waals surface area contributed by atoms with Crippen molar-refractivity contribution in [1.29, 1.82) is 0 Å². The zero-order valence-corrected chi connectivity index (χ0v) is 12.5. The van der Waals surface area contributed by atoms with E-state index in [4.69, 9.17) is 4.42 Å². The minimum absolute atomic E-state index is 0.244. The van der Waals surface area contributed by atoms with Gasteiger partial charge in [0.05, 0.1) is 25.2 Å². The van der Waals surface area contributed by atoms with Gasteiger partial charge in [-0.25, -0.2) is 9.97 Å². The Morgan fingerprint density at radius 1 is 1.18 bits per heavy atom. The number of carbonyl (C=O) groups excluding carboxylic acids is 1. The third kappa shape index (κ3) is 3.63. The Labute approximate surface area is 129 Å². The average Bonchev–Trinajstić information content (AvgIpc) is 2.93. The minimum atomic E-state index is -0.244. The van der Waals surface area contributed by atoms with E-state index in [1.165, 1.54) is 31.9 Å². The summed E-state index contributed by atoms with van der Waals surface area (Å²) in [5.74, 6) is 1.32. The Balaban J connectivity index is 1.59. The molecule has 1 aliphatic rings. The summed E-state index contributed by atoms with van der Waals surface area (Å²) >= 11 is 0. The number of hydrogen-bond acceptors (Lipinski definition) is 5. The number of aromatic nitrogens is 2. The first-order valence-corrected chi connectivity index (χ1v) is 7.70. The van der Waals surface area contributed by atoms with Crippen LogP contribution in [0, 0.1) is 0 Å². The topological polar surface area (TPSA) is 71.3 Å². The third-order valence-electron chi connectivity index (χ3n) is 3.80. The number of rotatable bonds is 4. The highest BCUT2D eigenvalue weighted by molar-refractivity contribution is 5.91. The molecule has 1 aliphatic heterocycles. The largest absolute Gasteiger partial charge is 0.467 e. The zero-order chi connectivity index (χ0) is 15.2. The van der Waals surface area contributed by atoms with Gasteiger partial charge in [0.25, 0.3) is 5.91 Å². The second-order valence-electron chi connectivity index (χ2n) is 5.42. The standard InChI is InChI=1S/C16H20N4O2/c21-16(19-10-13-6-5-9-22-13)14-11-18-15(12-17-14)20-7-3-1-2-4-8-20/h5-6,9,11-12H,1-4,7-8,10H2,(H,19,21). The molecule has 0 unspecified atom stereocenters. The van der Waals surface area contributed by atoms with Gasteiger partial charge in [0.2, 0.25) is 0 Å². The smallest absolute Gasteiger partial charge is 0.271 e. The maximum atomic E-state index is 12.0. The first kappa shape index (κ1) is 14.6. The molecule has 0 spiro atoms. The number of furan rings is 1. The molecule has 22 heavy (non-hydrogen) atoms. The summed E-state index contributed by atoms with van der Waals surface area (Å²) in [6, 6.07) is 3.60. The molecule has 2 aromatic rings. The summed E-state index contributed by atoms with van der Waals surface area (Å²) in [6.45, 7) is 2.37. The van der Waals surface area contributed by atoms with E-state index in [1.807, 2.05) is 6.07 Å². The van der Waals surface area contributed by atoms with Crippen molar-refractivity contribution >= 4 is 11.7 Å². The number of nitrogens with zero attached hydrogens (tertiary/aromatic N) is 3. The zero-order valence-electron chi connectivity index (χ0n) is 12.5. The number of hydrogen-bond donors (Lipinski definition) is 1. The maximum absolute atomic E-state index is 12.0. The Morgan fingerprint density at radius 2 is 2.00 bits per heavy atom. The molecule has 0 bridgehead atoms. The lowest BCUT2D eigenvalue weighted by Gasteiger charge is -2.20. The summed E-state index contributed by atoms with van der Waals surface area (Å²) in [5, 5.41) is 2.76. The third-order valence-corrected chi connectivity index (χ3v) is 3.80. The maximum Gasteiger partial charge on any atom is 0.271 e. The Bertz CT molecular complexity index is 587. The first-order chi connectivity index (χ1) is 10.8. The molecular formula is C16H20N4O2. The van der Waals surface area contributed by atoms with Crippen LogP contribution in [0.15, 0.2) is 35.2 Å². The van der Waals surface area contributed by atoms with Crippen LogP contribution in [0.5, 0.6) is 0 Å². The second kappa shape index (κ2) is 7.06. The molecule has 0 atom stereocenters. The summed E-state index contributed by atoms with van der Waals surface area (Å²) in [7, 11) is 0.